The minimum Gasteiger partial charge on any atom is -0.327 e. The van der Waals surface area contributed by atoms with Gasteiger partial charge in [0, 0.05) is 23.3 Å². The Hall–Kier alpha value is -1.61. The molecule has 2 rings (SSSR count). The second kappa shape index (κ2) is 7.99. The third kappa shape index (κ3) is 5.01. The van der Waals surface area contributed by atoms with E-state index in [2.05, 4.69) is 11.9 Å². The number of hydrogen-bond acceptors (Lipinski definition) is 2. The van der Waals surface area contributed by atoms with Crippen molar-refractivity contribution in [1.82, 2.24) is 9.55 Å². The van der Waals surface area contributed by atoms with Gasteiger partial charge in [-0.25, -0.2) is 4.98 Å². The first-order chi connectivity index (χ1) is 10.2. The SMILES string of the molecule is CCCc1cncn1CC(=O)CCCc1ccc(Cl)cc1. The summed E-state index contributed by atoms with van der Waals surface area (Å²) in [5.41, 5.74) is 2.37. The monoisotopic (exact) mass is 304 g/mol. The molecular formula is C17H21ClN2O. The van der Waals surface area contributed by atoms with Crippen LogP contribution in [0.1, 0.15) is 37.4 Å². The van der Waals surface area contributed by atoms with Gasteiger partial charge >= 0.3 is 0 Å². The van der Waals surface area contributed by atoms with E-state index in [-0.39, 0.29) is 5.78 Å². The van der Waals surface area contributed by atoms with Crippen LogP contribution in [-0.2, 0) is 24.2 Å². The number of carbonyl (C=O) groups is 1. The summed E-state index contributed by atoms with van der Waals surface area (Å²) in [6.07, 6.45) is 8.03. The van der Waals surface area contributed by atoms with Crippen LogP contribution in [0.3, 0.4) is 0 Å². The molecule has 0 N–H and O–H groups in total. The fourth-order valence-electron chi connectivity index (χ4n) is 2.36. The van der Waals surface area contributed by atoms with Crippen LogP contribution >= 0.6 is 11.6 Å². The molecule has 0 atom stereocenters. The first-order valence-corrected chi connectivity index (χ1v) is 7.82. The van der Waals surface area contributed by atoms with E-state index < -0.39 is 0 Å². The summed E-state index contributed by atoms with van der Waals surface area (Å²) in [4.78, 5) is 16.2. The van der Waals surface area contributed by atoms with Crippen molar-refractivity contribution in [3.05, 3.63) is 53.1 Å². The number of imidazole rings is 1. The Labute approximate surface area is 131 Å². The summed E-state index contributed by atoms with van der Waals surface area (Å²) in [7, 11) is 0. The van der Waals surface area contributed by atoms with Gasteiger partial charge in [0.1, 0.15) is 0 Å². The Balaban J connectivity index is 1.77. The molecular weight excluding hydrogens is 284 g/mol. The van der Waals surface area contributed by atoms with E-state index in [0.717, 1.165) is 36.4 Å². The van der Waals surface area contributed by atoms with Crippen molar-refractivity contribution in [2.45, 2.75) is 45.6 Å². The van der Waals surface area contributed by atoms with E-state index in [0.29, 0.717) is 13.0 Å². The largest absolute Gasteiger partial charge is 0.327 e. The molecule has 0 aliphatic carbocycles. The van der Waals surface area contributed by atoms with Crippen LogP contribution in [0.4, 0.5) is 0 Å². The average molecular weight is 305 g/mol. The highest BCUT2D eigenvalue weighted by atomic mass is 35.5. The number of rotatable bonds is 8. The molecule has 0 saturated heterocycles. The van der Waals surface area contributed by atoms with Crippen molar-refractivity contribution >= 4 is 17.4 Å². The van der Waals surface area contributed by atoms with Gasteiger partial charge in [0.2, 0.25) is 0 Å². The zero-order chi connectivity index (χ0) is 15.1. The summed E-state index contributed by atoms with van der Waals surface area (Å²) >= 11 is 5.85. The molecule has 112 valence electrons. The number of halogens is 1. The molecule has 21 heavy (non-hydrogen) atoms. The summed E-state index contributed by atoms with van der Waals surface area (Å²) in [6.45, 7) is 2.57. The van der Waals surface area contributed by atoms with E-state index in [1.165, 1.54) is 5.56 Å². The van der Waals surface area contributed by atoms with Crippen LogP contribution in [0.25, 0.3) is 0 Å². The lowest BCUT2D eigenvalue weighted by Gasteiger charge is -2.07. The number of carbonyl (C=O) groups excluding carboxylic acids is 1. The van der Waals surface area contributed by atoms with Crippen molar-refractivity contribution in [2.24, 2.45) is 0 Å². The molecule has 0 aliphatic rings. The lowest BCUT2D eigenvalue weighted by atomic mass is 10.1. The topological polar surface area (TPSA) is 34.9 Å². The molecule has 0 aliphatic heterocycles. The van der Waals surface area contributed by atoms with Gasteiger partial charge in [-0.15, -0.1) is 0 Å². The van der Waals surface area contributed by atoms with Crippen LogP contribution in [0, 0.1) is 0 Å². The zero-order valence-electron chi connectivity index (χ0n) is 12.4. The summed E-state index contributed by atoms with van der Waals surface area (Å²) < 4.78 is 1.97. The molecule has 2 aromatic rings. The number of nitrogens with zero attached hydrogens (tertiary/aromatic N) is 2. The first kappa shape index (κ1) is 15.8. The van der Waals surface area contributed by atoms with Gasteiger partial charge in [0.25, 0.3) is 0 Å². The number of benzene rings is 1. The average Bonchev–Trinajstić information content (AvgIpc) is 2.89. The quantitative estimate of drug-likeness (QED) is 0.736. The summed E-state index contributed by atoms with van der Waals surface area (Å²) in [5.74, 6) is 0.263. The van der Waals surface area contributed by atoms with Gasteiger partial charge < -0.3 is 4.57 Å². The van der Waals surface area contributed by atoms with Gasteiger partial charge in [-0.3, -0.25) is 4.79 Å². The standard InChI is InChI=1S/C17H21ClN2O/c1-2-4-16-11-19-13-20(16)12-17(21)6-3-5-14-7-9-15(18)10-8-14/h7-11,13H,2-6,12H2,1H3. The smallest absolute Gasteiger partial charge is 0.152 e. The van der Waals surface area contributed by atoms with Crippen molar-refractivity contribution in [1.29, 1.82) is 0 Å². The van der Waals surface area contributed by atoms with E-state index in [1.807, 2.05) is 35.0 Å². The van der Waals surface area contributed by atoms with E-state index in [4.69, 9.17) is 11.6 Å². The van der Waals surface area contributed by atoms with Crippen LogP contribution < -0.4 is 0 Å². The van der Waals surface area contributed by atoms with Gasteiger partial charge in [0.15, 0.2) is 5.78 Å². The maximum absolute atomic E-state index is 12.0. The fourth-order valence-corrected chi connectivity index (χ4v) is 2.49. The number of aromatic nitrogens is 2. The van der Waals surface area contributed by atoms with Gasteiger partial charge in [-0.05, 0) is 37.0 Å². The molecule has 0 saturated carbocycles. The summed E-state index contributed by atoms with van der Waals surface area (Å²) in [6, 6.07) is 7.81. The first-order valence-electron chi connectivity index (χ1n) is 7.44. The van der Waals surface area contributed by atoms with Crippen molar-refractivity contribution in [3.63, 3.8) is 0 Å². The minimum absolute atomic E-state index is 0.263. The summed E-state index contributed by atoms with van der Waals surface area (Å²) in [5, 5.41) is 0.749. The van der Waals surface area contributed by atoms with E-state index >= 15 is 0 Å². The Morgan fingerprint density at radius 3 is 2.71 bits per heavy atom. The number of ketones is 1. The van der Waals surface area contributed by atoms with E-state index in [9.17, 15) is 4.79 Å². The van der Waals surface area contributed by atoms with Crippen molar-refractivity contribution < 1.29 is 4.79 Å². The molecule has 1 aromatic heterocycles. The molecule has 0 bridgehead atoms. The number of aryl methyl sites for hydroxylation is 2. The van der Waals surface area contributed by atoms with E-state index in [1.54, 1.807) is 6.33 Å². The normalized spacial score (nSPS) is 10.8. The molecule has 1 aromatic carbocycles. The highest BCUT2D eigenvalue weighted by molar-refractivity contribution is 6.30. The molecule has 4 heteroatoms. The maximum atomic E-state index is 12.0. The second-order valence-electron chi connectivity index (χ2n) is 5.28. The number of hydrogen-bond donors (Lipinski definition) is 0. The molecule has 0 amide bonds. The number of Topliss-reactive ketones (excluding diaryl/α,β-unsaturated/α-hetero) is 1. The minimum atomic E-state index is 0.263. The zero-order valence-corrected chi connectivity index (χ0v) is 13.1. The third-order valence-corrected chi connectivity index (χ3v) is 3.74. The Bertz CT molecular complexity index is 575. The molecule has 1 heterocycles. The highest BCUT2D eigenvalue weighted by Crippen LogP contribution is 2.12. The highest BCUT2D eigenvalue weighted by Gasteiger charge is 2.07. The van der Waals surface area contributed by atoms with Crippen LogP contribution in [0.2, 0.25) is 5.02 Å². The van der Waals surface area contributed by atoms with Crippen LogP contribution in [-0.4, -0.2) is 15.3 Å². The lowest BCUT2D eigenvalue weighted by Crippen LogP contribution is -2.11. The molecule has 3 nitrogen and oxygen atoms in total. The third-order valence-electron chi connectivity index (χ3n) is 3.49. The van der Waals surface area contributed by atoms with Crippen LogP contribution in [0.5, 0.6) is 0 Å². The second-order valence-corrected chi connectivity index (χ2v) is 5.72. The molecule has 0 spiro atoms. The predicted octanol–water partition coefficient (Wildman–Crippen LogP) is 4.08. The molecule has 0 unspecified atom stereocenters. The Morgan fingerprint density at radius 1 is 1.24 bits per heavy atom. The van der Waals surface area contributed by atoms with Crippen molar-refractivity contribution in [2.75, 3.05) is 0 Å². The lowest BCUT2D eigenvalue weighted by molar-refractivity contribution is -0.119. The van der Waals surface area contributed by atoms with Gasteiger partial charge in [-0.2, -0.15) is 0 Å². The maximum Gasteiger partial charge on any atom is 0.152 e. The van der Waals surface area contributed by atoms with Crippen molar-refractivity contribution in [3.8, 4) is 0 Å². The molecule has 0 fully saturated rings. The Morgan fingerprint density at radius 2 is 2.00 bits per heavy atom. The van der Waals surface area contributed by atoms with Gasteiger partial charge in [0.05, 0.1) is 12.9 Å². The van der Waals surface area contributed by atoms with Crippen LogP contribution in [0.15, 0.2) is 36.8 Å². The Kier molecular flexibility index (Phi) is 6.00. The fraction of sp³-hybridized carbons (Fsp3) is 0.412. The predicted molar refractivity (Wildman–Crippen MR) is 85.6 cm³/mol. The molecule has 0 radical (unpaired) electrons. The van der Waals surface area contributed by atoms with Gasteiger partial charge in [-0.1, -0.05) is 37.1 Å².